The van der Waals surface area contributed by atoms with Gasteiger partial charge in [0.05, 0.1) is 6.10 Å². The number of carbonyl (C=O) groups excluding carboxylic acids is 3. The number of alkyl halides is 2. The minimum Gasteiger partial charge on any atom is -0.461 e. The van der Waals surface area contributed by atoms with Crippen LogP contribution < -0.4 is 0 Å². The van der Waals surface area contributed by atoms with Crippen LogP contribution in [0, 0.1) is 17.8 Å². The van der Waals surface area contributed by atoms with Crippen molar-refractivity contribution in [2.75, 3.05) is 0 Å². The van der Waals surface area contributed by atoms with Crippen LogP contribution in [0.15, 0.2) is 30.3 Å². The zero-order valence-corrected chi connectivity index (χ0v) is 21.0. The first-order valence-electron chi connectivity index (χ1n) is 13.0. The Kier molecular flexibility index (Phi) is 12.0. The van der Waals surface area contributed by atoms with Crippen LogP contribution >= 0.6 is 0 Å². The molecule has 5 nitrogen and oxygen atoms in total. The van der Waals surface area contributed by atoms with E-state index in [1.54, 1.807) is 6.92 Å². The number of esters is 1. The Morgan fingerprint density at radius 2 is 1.77 bits per heavy atom. The molecule has 2 rings (SSSR count). The maximum absolute atomic E-state index is 14.2. The molecule has 0 spiro atoms. The van der Waals surface area contributed by atoms with Crippen molar-refractivity contribution in [2.24, 2.45) is 17.8 Å². The topological polar surface area (TPSA) is 80.7 Å². The first-order valence-corrected chi connectivity index (χ1v) is 13.0. The molecule has 1 aromatic carbocycles. The number of hydrogen-bond donors (Lipinski definition) is 1. The van der Waals surface area contributed by atoms with Crippen molar-refractivity contribution in [3.63, 3.8) is 0 Å². The fraction of sp³-hybridized carbons (Fsp3) is 0.679. The summed E-state index contributed by atoms with van der Waals surface area (Å²) < 4.78 is 33.7. The van der Waals surface area contributed by atoms with E-state index in [1.807, 2.05) is 37.3 Å². The van der Waals surface area contributed by atoms with Crippen molar-refractivity contribution in [3.05, 3.63) is 35.9 Å². The van der Waals surface area contributed by atoms with Gasteiger partial charge >= 0.3 is 11.9 Å². The van der Waals surface area contributed by atoms with Crippen LogP contribution in [0.2, 0.25) is 0 Å². The summed E-state index contributed by atoms with van der Waals surface area (Å²) >= 11 is 0. The van der Waals surface area contributed by atoms with Crippen molar-refractivity contribution in [1.29, 1.82) is 0 Å². The summed E-state index contributed by atoms with van der Waals surface area (Å²) in [7, 11) is 0. The second kappa shape index (κ2) is 14.4. The molecule has 0 radical (unpaired) electrons. The molecule has 0 aromatic heterocycles. The van der Waals surface area contributed by atoms with E-state index >= 15 is 0 Å². The Labute approximate surface area is 207 Å². The van der Waals surface area contributed by atoms with Gasteiger partial charge in [-0.1, -0.05) is 69.9 Å². The minimum atomic E-state index is -3.36. The monoisotopic (exact) mass is 494 g/mol. The second-order valence-corrected chi connectivity index (χ2v) is 9.99. The highest BCUT2D eigenvalue weighted by atomic mass is 19.3. The number of aliphatic hydroxyl groups is 1. The number of unbranched alkanes of at least 4 members (excludes halogenated alkanes) is 3. The van der Waals surface area contributed by atoms with E-state index in [4.69, 9.17) is 4.74 Å². The molecule has 1 saturated carbocycles. The van der Waals surface area contributed by atoms with Crippen LogP contribution in [0.25, 0.3) is 0 Å². The van der Waals surface area contributed by atoms with Gasteiger partial charge < -0.3 is 9.84 Å². The summed E-state index contributed by atoms with van der Waals surface area (Å²) in [6, 6.07) is 9.48. The Hall–Kier alpha value is -2.15. The van der Waals surface area contributed by atoms with Gasteiger partial charge in [0.1, 0.15) is 12.4 Å². The molecule has 35 heavy (non-hydrogen) atoms. The van der Waals surface area contributed by atoms with Crippen LogP contribution in [0.3, 0.4) is 0 Å². The molecular formula is C28H40F2O5. The van der Waals surface area contributed by atoms with Gasteiger partial charge in [-0.3, -0.25) is 14.4 Å². The molecule has 1 fully saturated rings. The predicted octanol–water partition coefficient (Wildman–Crippen LogP) is 6.06. The third-order valence-electron chi connectivity index (χ3n) is 7.14. The second-order valence-electron chi connectivity index (χ2n) is 9.99. The van der Waals surface area contributed by atoms with Crippen molar-refractivity contribution in [1.82, 2.24) is 0 Å². The Morgan fingerprint density at radius 1 is 1.09 bits per heavy atom. The van der Waals surface area contributed by atoms with Crippen LogP contribution in [0.5, 0.6) is 0 Å². The van der Waals surface area contributed by atoms with Gasteiger partial charge in [0.25, 0.3) is 0 Å². The first kappa shape index (κ1) is 29.1. The molecule has 1 aromatic rings. The van der Waals surface area contributed by atoms with Crippen molar-refractivity contribution in [2.45, 2.75) is 103 Å². The highest BCUT2D eigenvalue weighted by Crippen LogP contribution is 2.37. The summed E-state index contributed by atoms with van der Waals surface area (Å²) in [4.78, 5) is 36.4. The maximum atomic E-state index is 14.2. The van der Waals surface area contributed by atoms with Crippen molar-refractivity contribution in [3.8, 4) is 0 Å². The lowest BCUT2D eigenvalue weighted by molar-refractivity contribution is -0.146. The average molecular weight is 495 g/mol. The number of carbonyl (C=O) groups is 3. The maximum Gasteiger partial charge on any atom is 0.306 e. The Morgan fingerprint density at radius 3 is 2.46 bits per heavy atom. The molecule has 0 saturated heterocycles. The van der Waals surface area contributed by atoms with Gasteiger partial charge in [-0.2, -0.15) is 8.78 Å². The van der Waals surface area contributed by atoms with Crippen molar-refractivity contribution >= 4 is 17.5 Å². The van der Waals surface area contributed by atoms with Crippen LogP contribution in [0.4, 0.5) is 8.78 Å². The molecule has 7 heteroatoms. The smallest absolute Gasteiger partial charge is 0.306 e. The first-order chi connectivity index (χ1) is 16.6. The molecule has 1 aliphatic carbocycles. The summed E-state index contributed by atoms with van der Waals surface area (Å²) in [5, 5.41) is 10.3. The Balaban J connectivity index is 1.67. The van der Waals surface area contributed by atoms with Gasteiger partial charge in [-0.25, -0.2) is 0 Å². The third-order valence-corrected chi connectivity index (χ3v) is 7.14. The number of halogens is 2. The molecule has 4 atom stereocenters. The van der Waals surface area contributed by atoms with Gasteiger partial charge in [-0.05, 0) is 36.7 Å². The standard InChI is InChI=1S/C28H40F2O5/c1-3-20(2)18-28(29,30)26(33)16-15-23-22(24(31)17-25(23)32)13-9-4-5-10-14-27(34)35-19-21-11-7-6-8-12-21/h6-8,11-12,20,22-23,25,32H,3-5,9-10,13-19H2,1-2H3/t20-,22+,23+,25+/m0/s1. The molecule has 196 valence electrons. The normalized spacial score (nSPS) is 21.2. The van der Waals surface area contributed by atoms with Gasteiger partial charge in [0.15, 0.2) is 0 Å². The van der Waals surface area contributed by atoms with E-state index in [0.717, 1.165) is 24.8 Å². The fourth-order valence-electron chi connectivity index (χ4n) is 4.76. The highest BCUT2D eigenvalue weighted by molar-refractivity contribution is 5.86. The molecule has 0 bridgehead atoms. The van der Waals surface area contributed by atoms with Gasteiger partial charge in [0.2, 0.25) is 5.78 Å². The predicted molar refractivity (Wildman–Crippen MR) is 130 cm³/mol. The number of ketones is 2. The van der Waals surface area contributed by atoms with E-state index in [-0.39, 0.29) is 43.5 Å². The van der Waals surface area contributed by atoms with Crippen LogP contribution in [-0.4, -0.2) is 34.7 Å². The number of ether oxygens (including phenoxy) is 1. The summed E-state index contributed by atoms with van der Waals surface area (Å²) in [6.07, 6.45) is 3.05. The zero-order chi connectivity index (χ0) is 25.8. The quantitative estimate of drug-likeness (QED) is 0.223. The lowest BCUT2D eigenvalue weighted by atomic mass is 9.84. The lowest BCUT2D eigenvalue weighted by Gasteiger charge is -2.23. The molecular weight excluding hydrogens is 454 g/mol. The van der Waals surface area contributed by atoms with E-state index in [1.165, 1.54) is 0 Å². The van der Waals surface area contributed by atoms with E-state index in [2.05, 4.69) is 0 Å². The lowest BCUT2D eigenvalue weighted by Crippen LogP contribution is -2.32. The number of benzene rings is 1. The van der Waals surface area contributed by atoms with Crippen LogP contribution in [0.1, 0.15) is 90.0 Å². The summed E-state index contributed by atoms with van der Waals surface area (Å²) in [5.41, 5.74) is 0.944. The van der Waals surface area contributed by atoms with Crippen molar-refractivity contribution < 1.29 is 33.0 Å². The third kappa shape index (κ3) is 9.79. The largest absolute Gasteiger partial charge is 0.461 e. The van der Waals surface area contributed by atoms with Gasteiger partial charge in [0, 0.05) is 31.6 Å². The SMILES string of the molecule is CC[C@H](C)CC(F)(F)C(=O)CC[C@H]1[C@H](O)CC(=O)[C@@H]1CCCCCCC(=O)OCc1ccccc1. The zero-order valence-electron chi connectivity index (χ0n) is 21.0. The highest BCUT2D eigenvalue weighted by Gasteiger charge is 2.43. The van der Waals surface area contributed by atoms with E-state index in [9.17, 15) is 28.3 Å². The fourth-order valence-corrected chi connectivity index (χ4v) is 4.76. The average Bonchev–Trinajstić information content (AvgIpc) is 3.10. The number of hydrogen-bond acceptors (Lipinski definition) is 5. The van der Waals surface area contributed by atoms with E-state index in [0.29, 0.717) is 25.7 Å². The molecule has 0 unspecified atom stereocenters. The summed E-state index contributed by atoms with van der Waals surface area (Å²) in [5.74, 6) is -5.83. The Bertz CT molecular complexity index is 811. The van der Waals surface area contributed by atoms with E-state index < -0.39 is 36.1 Å². The molecule has 0 amide bonds. The number of rotatable bonds is 16. The molecule has 1 aliphatic rings. The van der Waals surface area contributed by atoms with Crippen LogP contribution in [-0.2, 0) is 25.7 Å². The van der Waals surface area contributed by atoms with Gasteiger partial charge in [-0.15, -0.1) is 0 Å². The summed E-state index contributed by atoms with van der Waals surface area (Å²) in [6.45, 7) is 3.78. The number of aliphatic hydroxyl groups excluding tert-OH is 1. The molecule has 0 heterocycles. The minimum absolute atomic E-state index is 0.0278. The molecule has 1 N–H and O–H groups in total. The molecule has 0 aliphatic heterocycles. The number of Topliss-reactive ketones (excluding diaryl/α,β-unsaturated/α-hetero) is 2.